The molecule has 0 radical (unpaired) electrons. The van der Waals surface area contributed by atoms with Crippen LogP contribution in [0.5, 0.6) is 11.5 Å². The first-order valence-electron chi connectivity index (χ1n) is 12.9. The minimum Gasteiger partial charge on any atom is -0.490 e. The Kier molecular flexibility index (Phi) is 7.05. The minimum atomic E-state index is -0.615. The molecule has 1 aromatic heterocycles. The molecule has 0 N–H and O–H groups in total. The Balaban J connectivity index is 1.66. The Morgan fingerprint density at radius 2 is 1.74 bits per heavy atom. The highest BCUT2D eigenvalue weighted by atomic mass is 16.5. The van der Waals surface area contributed by atoms with Crippen molar-refractivity contribution in [2.45, 2.75) is 33.2 Å². The average Bonchev–Trinajstić information content (AvgIpc) is 3.20. The van der Waals surface area contributed by atoms with E-state index in [0.29, 0.717) is 54.2 Å². The first-order valence-corrected chi connectivity index (χ1v) is 12.9. The number of aryl methyl sites for hydroxylation is 2. The lowest BCUT2D eigenvalue weighted by atomic mass is 9.97. The Morgan fingerprint density at radius 3 is 2.47 bits per heavy atom. The van der Waals surface area contributed by atoms with E-state index in [9.17, 15) is 9.59 Å². The normalized spacial score (nSPS) is 14.6. The summed E-state index contributed by atoms with van der Waals surface area (Å²) in [6.45, 7) is 10.7. The second kappa shape index (κ2) is 10.6. The molecule has 0 saturated carbocycles. The van der Waals surface area contributed by atoms with Crippen LogP contribution in [0.3, 0.4) is 0 Å². The van der Waals surface area contributed by atoms with Crippen LogP contribution in [0.4, 0.5) is 0 Å². The fraction of sp³-hybridized carbons (Fsp3) is 0.250. The molecular formula is C32H31NO5. The molecule has 0 bridgehead atoms. The molecule has 1 aliphatic rings. The molecule has 0 fully saturated rings. The maximum atomic E-state index is 13.9. The number of ether oxygens (including phenoxy) is 2. The monoisotopic (exact) mass is 509 g/mol. The van der Waals surface area contributed by atoms with Gasteiger partial charge in [0, 0.05) is 6.54 Å². The third kappa shape index (κ3) is 4.58. The molecule has 1 aliphatic heterocycles. The lowest BCUT2D eigenvalue weighted by Crippen LogP contribution is -2.31. The predicted molar refractivity (Wildman–Crippen MR) is 148 cm³/mol. The number of amides is 1. The summed E-state index contributed by atoms with van der Waals surface area (Å²) < 4.78 is 17.8. The maximum Gasteiger partial charge on any atom is 0.290 e. The van der Waals surface area contributed by atoms with E-state index in [4.69, 9.17) is 13.9 Å². The van der Waals surface area contributed by atoms with Gasteiger partial charge < -0.3 is 18.8 Å². The summed E-state index contributed by atoms with van der Waals surface area (Å²) >= 11 is 0. The van der Waals surface area contributed by atoms with E-state index in [-0.39, 0.29) is 17.1 Å². The quantitative estimate of drug-likeness (QED) is 0.253. The molecule has 0 saturated heterocycles. The molecule has 6 heteroatoms. The Morgan fingerprint density at radius 1 is 0.974 bits per heavy atom. The Labute approximate surface area is 222 Å². The van der Waals surface area contributed by atoms with Crippen LogP contribution in [0.15, 0.2) is 82.5 Å². The van der Waals surface area contributed by atoms with Crippen LogP contribution < -0.4 is 14.9 Å². The summed E-state index contributed by atoms with van der Waals surface area (Å²) in [4.78, 5) is 29.5. The lowest BCUT2D eigenvalue weighted by molar-refractivity contribution is 0.0729. The third-order valence-electron chi connectivity index (χ3n) is 7.01. The van der Waals surface area contributed by atoms with E-state index in [1.807, 2.05) is 81.4 Å². The van der Waals surface area contributed by atoms with Crippen LogP contribution in [-0.2, 0) is 6.42 Å². The molecule has 1 atom stereocenters. The van der Waals surface area contributed by atoms with Crippen LogP contribution in [0.25, 0.3) is 11.0 Å². The van der Waals surface area contributed by atoms with Gasteiger partial charge in [-0.2, -0.15) is 0 Å². The average molecular weight is 510 g/mol. The molecule has 5 rings (SSSR count). The molecule has 1 unspecified atom stereocenters. The summed E-state index contributed by atoms with van der Waals surface area (Å²) in [5.41, 5.74) is 4.46. The molecule has 6 nitrogen and oxygen atoms in total. The summed E-state index contributed by atoms with van der Waals surface area (Å²) in [7, 11) is 0. The van der Waals surface area contributed by atoms with Crippen molar-refractivity contribution in [2.24, 2.45) is 0 Å². The van der Waals surface area contributed by atoms with Crippen LogP contribution in [-0.4, -0.2) is 30.6 Å². The Hall–Kier alpha value is -4.32. The number of nitrogens with zero attached hydrogens (tertiary/aromatic N) is 1. The molecule has 4 aromatic rings. The highest BCUT2D eigenvalue weighted by molar-refractivity contribution is 5.99. The molecule has 0 spiro atoms. The number of carbonyl (C=O) groups is 1. The number of carbonyl (C=O) groups excluding carboxylic acids is 1. The van der Waals surface area contributed by atoms with Gasteiger partial charge >= 0.3 is 0 Å². The number of rotatable bonds is 9. The SMILES string of the molecule is C=CCOc1ccc(C2c3c(oc4cc(C)c(C)cc4c3=O)C(=O)N2CCc2ccccc2)cc1OCC. The second-order valence-electron chi connectivity index (χ2n) is 9.48. The van der Waals surface area contributed by atoms with Crippen LogP contribution in [0.2, 0.25) is 0 Å². The molecule has 2 heterocycles. The van der Waals surface area contributed by atoms with Crippen LogP contribution in [0.1, 0.15) is 51.3 Å². The van der Waals surface area contributed by atoms with Crippen molar-refractivity contribution >= 4 is 16.9 Å². The van der Waals surface area contributed by atoms with Gasteiger partial charge in [-0.05, 0) is 73.7 Å². The van der Waals surface area contributed by atoms with Gasteiger partial charge in [0.05, 0.1) is 23.6 Å². The standard InChI is InChI=1S/C32H31NO5/c1-5-16-37-25-13-12-23(19-27(25)36-6-2)29-28-30(34)24-17-20(3)21(4)18-26(24)38-31(28)32(35)33(29)15-14-22-10-8-7-9-11-22/h5,7-13,17-19,29H,1,6,14-16H2,2-4H3. The van der Waals surface area contributed by atoms with Gasteiger partial charge in [0.25, 0.3) is 5.91 Å². The van der Waals surface area contributed by atoms with Gasteiger partial charge in [0.2, 0.25) is 5.76 Å². The van der Waals surface area contributed by atoms with Gasteiger partial charge in [-0.3, -0.25) is 9.59 Å². The van der Waals surface area contributed by atoms with E-state index < -0.39 is 6.04 Å². The van der Waals surface area contributed by atoms with Crippen molar-refractivity contribution < 1.29 is 18.7 Å². The maximum absolute atomic E-state index is 13.9. The third-order valence-corrected chi connectivity index (χ3v) is 7.01. The summed E-state index contributed by atoms with van der Waals surface area (Å²) in [5, 5.41) is 0.477. The van der Waals surface area contributed by atoms with Crippen LogP contribution in [0, 0.1) is 13.8 Å². The van der Waals surface area contributed by atoms with E-state index in [1.54, 1.807) is 11.0 Å². The first kappa shape index (κ1) is 25.3. The summed E-state index contributed by atoms with van der Waals surface area (Å²) in [5.74, 6) is 0.941. The highest BCUT2D eigenvalue weighted by Gasteiger charge is 2.42. The van der Waals surface area contributed by atoms with Crippen molar-refractivity contribution in [3.63, 3.8) is 0 Å². The Bertz CT molecular complexity index is 1570. The molecule has 38 heavy (non-hydrogen) atoms. The number of benzene rings is 3. The fourth-order valence-corrected chi connectivity index (χ4v) is 4.98. The molecule has 1 amide bonds. The molecular weight excluding hydrogens is 478 g/mol. The van der Waals surface area contributed by atoms with E-state index in [2.05, 4.69) is 6.58 Å². The fourth-order valence-electron chi connectivity index (χ4n) is 4.98. The van der Waals surface area contributed by atoms with E-state index in [0.717, 1.165) is 22.3 Å². The zero-order valence-corrected chi connectivity index (χ0v) is 22.0. The summed E-state index contributed by atoms with van der Waals surface area (Å²) in [6.07, 6.45) is 2.31. The minimum absolute atomic E-state index is 0.105. The molecule has 0 aliphatic carbocycles. The van der Waals surface area contributed by atoms with Gasteiger partial charge in [0.15, 0.2) is 16.9 Å². The first-order chi connectivity index (χ1) is 18.4. The van der Waals surface area contributed by atoms with Crippen molar-refractivity contribution in [1.29, 1.82) is 0 Å². The predicted octanol–water partition coefficient (Wildman–Crippen LogP) is 6.16. The number of fused-ring (bicyclic) bond motifs is 2. The zero-order valence-electron chi connectivity index (χ0n) is 22.0. The number of hydrogen-bond donors (Lipinski definition) is 0. The number of hydrogen-bond acceptors (Lipinski definition) is 5. The highest BCUT2D eigenvalue weighted by Crippen LogP contribution is 2.41. The largest absolute Gasteiger partial charge is 0.490 e. The van der Waals surface area contributed by atoms with Crippen molar-refractivity contribution in [3.05, 3.63) is 117 Å². The van der Waals surface area contributed by atoms with E-state index in [1.165, 1.54) is 0 Å². The topological polar surface area (TPSA) is 69.0 Å². The lowest BCUT2D eigenvalue weighted by Gasteiger charge is -2.26. The van der Waals surface area contributed by atoms with Gasteiger partial charge in [-0.1, -0.05) is 49.1 Å². The van der Waals surface area contributed by atoms with Crippen molar-refractivity contribution in [2.75, 3.05) is 19.8 Å². The molecule has 3 aromatic carbocycles. The van der Waals surface area contributed by atoms with E-state index >= 15 is 0 Å². The van der Waals surface area contributed by atoms with Crippen molar-refractivity contribution in [3.8, 4) is 11.5 Å². The summed E-state index contributed by atoms with van der Waals surface area (Å²) in [6, 6.07) is 18.6. The van der Waals surface area contributed by atoms with Gasteiger partial charge in [0.1, 0.15) is 12.2 Å². The smallest absolute Gasteiger partial charge is 0.290 e. The zero-order chi connectivity index (χ0) is 26.8. The van der Waals surface area contributed by atoms with Gasteiger partial charge in [-0.15, -0.1) is 0 Å². The molecule has 194 valence electrons. The van der Waals surface area contributed by atoms with Gasteiger partial charge in [-0.25, -0.2) is 0 Å². The van der Waals surface area contributed by atoms with Crippen LogP contribution >= 0.6 is 0 Å². The van der Waals surface area contributed by atoms with Crippen molar-refractivity contribution in [1.82, 2.24) is 4.90 Å². The second-order valence-corrected chi connectivity index (χ2v) is 9.48.